The second-order valence-electron chi connectivity index (χ2n) is 3.71. The first-order valence-electron chi connectivity index (χ1n) is 4.98. The molecule has 2 rings (SSSR count). The minimum Gasteiger partial charge on any atom is -0.259 e. The molecule has 1 heterocycles. The number of sulfonamides is 1. The van der Waals surface area contributed by atoms with Crippen molar-refractivity contribution in [2.75, 3.05) is 4.72 Å². The summed E-state index contributed by atoms with van der Waals surface area (Å²) in [6.07, 6.45) is 0. The molecule has 2 aromatic rings. The van der Waals surface area contributed by atoms with Gasteiger partial charge in [0.15, 0.2) is 0 Å². The van der Waals surface area contributed by atoms with Crippen molar-refractivity contribution < 1.29 is 13.0 Å². The number of aromatic nitrogens is 2. The number of aryl methyl sites for hydroxylation is 2. The number of rotatable bonds is 3. The molecular weight excluding hydrogens is 322 g/mol. The van der Waals surface area contributed by atoms with Gasteiger partial charge in [0.05, 0.1) is 4.90 Å². The lowest BCUT2D eigenvalue weighted by molar-refractivity contribution is 0.306. The van der Waals surface area contributed by atoms with Crippen LogP contribution in [0, 0.1) is 13.8 Å². The predicted molar refractivity (Wildman–Crippen MR) is 68.7 cm³/mol. The third kappa shape index (κ3) is 2.54. The summed E-state index contributed by atoms with van der Waals surface area (Å²) in [4.78, 5) is 0.180. The number of benzene rings is 1. The van der Waals surface area contributed by atoms with Crippen LogP contribution < -0.4 is 4.72 Å². The molecule has 8 heteroatoms. The average molecular weight is 332 g/mol. The molecule has 1 aromatic carbocycles. The third-order valence-electron chi connectivity index (χ3n) is 2.32. The van der Waals surface area contributed by atoms with Crippen molar-refractivity contribution in [1.29, 1.82) is 0 Å². The molecule has 0 amide bonds. The van der Waals surface area contributed by atoms with Crippen molar-refractivity contribution in [3.05, 3.63) is 33.9 Å². The molecule has 18 heavy (non-hydrogen) atoms. The van der Waals surface area contributed by atoms with Crippen LogP contribution in [0.3, 0.4) is 0 Å². The van der Waals surface area contributed by atoms with Gasteiger partial charge in [-0.2, -0.15) is 0 Å². The van der Waals surface area contributed by atoms with Crippen LogP contribution in [0.15, 0.2) is 32.2 Å². The molecule has 0 fully saturated rings. The van der Waals surface area contributed by atoms with E-state index in [-0.39, 0.29) is 10.7 Å². The maximum atomic E-state index is 12.2. The van der Waals surface area contributed by atoms with Crippen molar-refractivity contribution in [3.63, 3.8) is 0 Å². The van der Waals surface area contributed by atoms with Crippen molar-refractivity contribution in [2.24, 2.45) is 0 Å². The molecule has 1 aromatic heterocycles. The summed E-state index contributed by atoms with van der Waals surface area (Å²) in [7, 11) is -3.70. The Morgan fingerprint density at radius 2 is 2.00 bits per heavy atom. The molecule has 0 saturated heterocycles. The highest BCUT2D eigenvalue weighted by atomic mass is 79.9. The van der Waals surface area contributed by atoms with E-state index in [4.69, 9.17) is 0 Å². The molecule has 0 radical (unpaired) electrons. The summed E-state index contributed by atoms with van der Waals surface area (Å²) in [5.41, 5.74) is 1.02. The summed E-state index contributed by atoms with van der Waals surface area (Å²) in [6.45, 7) is 3.32. The zero-order chi connectivity index (χ0) is 13.3. The van der Waals surface area contributed by atoms with Gasteiger partial charge in [-0.25, -0.2) is 13.0 Å². The molecule has 0 unspecified atom stereocenters. The van der Waals surface area contributed by atoms with Crippen molar-refractivity contribution >= 4 is 31.8 Å². The summed E-state index contributed by atoms with van der Waals surface area (Å²) in [5.74, 6) is 0.0920. The first kappa shape index (κ1) is 13.0. The minimum atomic E-state index is -3.70. The number of anilines is 1. The van der Waals surface area contributed by atoms with E-state index in [9.17, 15) is 8.42 Å². The molecular formula is C10H10BrN3O3S. The Bertz CT molecular complexity index is 681. The molecule has 0 aliphatic rings. The molecule has 0 spiro atoms. The smallest absolute Gasteiger partial charge is 0.259 e. The van der Waals surface area contributed by atoms with E-state index in [1.807, 2.05) is 0 Å². The lowest BCUT2D eigenvalue weighted by atomic mass is 10.2. The lowest BCUT2D eigenvalue weighted by Gasteiger charge is -2.08. The minimum absolute atomic E-state index is 0.0920. The van der Waals surface area contributed by atoms with Crippen LogP contribution in [-0.2, 0) is 10.0 Å². The number of nitrogens with one attached hydrogen (secondary N) is 1. The molecule has 0 atom stereocenters. The van der Waals surface area contributed by atoms with Crippen molar-refractivity contribution in [3.8, 4) is 0 Å². The van der Waals surface area contributed by atoms with E-state index in [2.05, 4.69) is 35.6 Å². The lowest BCUT2D eigenvalue weighted by Crippen LogP contribution is -2.15. The zero-order valence-electron chi connectivity index (χ0n) is 9.64. The number of halogens is 1. The van der Waals surface area contributed by atoms with Crippen LogP contribution in [-0.4, -0.2) is 18.7 Å². The van der Waals surface area contributed by atoms with Crippen LogP contribution in [0.2, 0.25) is 0 Å². The van der Waals surface area contributed by atoms with Gasteiger partial charge in [-0.1, -0.05) is 27.2 Å². The van der Waals surface area contributed by atoms with E-state index < -0.39 is 10.0 Å². The Morgan fingerprint density at radius 3 is 2.61 bits per heavy atom. The molecule has 0 aliphatic heterocycles. The number of nitrogens with zero attached hydrogens (tertiary/aromatic N) is 2. The van der Waals surface area contributed by atoms with Gasteiger partial charge in [-0.3, -0.25) is 4.72 Å². The number of hydrogen-bond acceptors (Lipinski definition) is 5. The fourth-order valence-electron chi connectivity index (χ4n) is 1.37. The zero-order valence-corrected chi connectivity index (χ0v) is 12.0. The van der Waals surface area contributed by atoms with Gasteiger partial charge in [0.1, 0.15) is 5.69 Å². The molecule has 1 N–H and O–H groups in total. The van der Waals surface area contributed by atoms with Crippen LogP contribution in [0.1, 0.15) is 11.3 Å². The Morgan fingerprint density at radius 1 is 1.28 bits per heavy atom. The summed E-state index contributed by atoms with van der Waals surface area (Å²) >= 11 is 3.24. The van der Waals surface area contributed by atoms with Gasteiger partial charge in [0, 0.05) is 4.47 Å². The van der Waals surface area contributed by atoms with E-state index in [1.54, 1.807) is 26.0 Å². The number of hydrogen-bond donors (Lipinski definition) is 1. The van der Waals surface area contributed by atoms with Gasteiger partial charge < -0.3 is 0 Å². The Balaban J connectivity index is 2.43. The van der Waals surface area contributed by atoms with Crippen molar-refractivity contribution in [2.45, 2.75) is 18.7 Å². The maximum Gasteiger partial charge on any atom is 0.263 e. The van der Waals surface area contributed by atoms with Crippen LogP contribution in [0.4, 0.5) is 5.82 Å². The molecule has 6 nitrogen and oxygen atoms in total. The fraction of sp³-hybridized carbons (Fsp3) is 0.200. The van der Waals surface area contributed by atoms with Gasteiger partial charge in [0.25, 0.3) is 10.0 Å². The predicted octanol–water partition coefficient (Wildman–Crippen LogP) is 2.25. The van der Waals surface area contributed by atoms with Gasteiger partial charge in [0.2, 0.25) is 5.82 Å². The Kier molecular flexibility index (Phi) is 3.40. The second-order valence-corrected chi connectivity index (χ2v) is 6.28. The topological polar surface area (TPSA) is 85.1 Å². The Labute approximate surface area is 113 Å². The highest BCUT2D eigenvalue weighted by Gasteiger charge is 2.20. The maximum absolute atomic E-state index is 12.2. The second kappa shape index (κ2) is 4.69. The van der Waals surface area contributed by atoms with Crippen molar-refractivity contribution in [1.82, 2.24) is 10.3 Å². The van der Waals surface area contributed by atoms with E-state index >= 15 is 0 Å². The molecule has 0 bridgehead atoms. The monoisotopic (exact) mass is 331 g/mol. The van der Waals surface area contributed by atoms with E-state index in [0.29, 0.717) is 15.7 Å². The standard InChI is InChI=1S/C10H10BrN3O3S/c1-6-3-4-8(11)5-9(6)18(15,16)14-10-7(2)12-17-13-10/h3-5H,1-2H3,(H,13,14). The largest absolute Gasteiger partial charge is 0.263 e. The summed E-state index contributed by atoms with van der Waals surface area (Å²) < 4.78 is 31.8. The van der Waals surface area contributed by atoms with E-state index in [0.717, 1.165) is 0 Å². The third-order valence-corrected chi connectivity index (χ3v) is 4.30. The summed E-state index contributed by atoms with van der Waals surface area (Å²) in [6, 6.07) is 5.02. The van der Waals surface area contributed by atoms with Gasteiger partial charge >= 0.3 is 0 Å². The molecule has 96 valence electrons. The van der Waals surface area contributed by atoms with Gasteiger partial charge in [-0.05, 0) is 36.7 Å². The average Bonchev–Trinajstić information content (AvgIpc) is 2.67. The first-order valence-corrected chi connectivity index (χ1v) is 7.26. The fourth-order valence-corrected chi connectivity index (χ4v) is 3.21. The highest BCUT2D eigenvalue weighted by Crippen LogP contribution is 2.23. The molecule has 0 saturated carbocycles. The van der Waals surface area contributed by atoms with Crippen LogP contribution >= 0.6 is 15.9 Å². The SMILES string of the molecule is Cc1ccc(Br)cc1S(=O)(=O)Nc1nonc1C. The summed E-state index contributed by atoms with van der Waals surface area (Å²) in [5, 5.41) is 7.00. The van der Waals surface area contributed by atoms with Crippen LogP contribution in [0.25, 0.3) is 0 Å². The Hall–Kier alpha value is -1.41. The quantitative estimate of drug-likeness (QED) is 0.932. The normalized spacial score (nSPS) is 11.5. The first-order chi connectivity index (χ1) is 8.40. The molecule has 0 aliphatic carbocycles. The van der Waals surface area contributed by atoms with E-state index in [1.165, 1.54) is 6.07 Å². The van der Waals surface area contributed by atoms with Crippen LogP contribution in [0.5, 0.6) is 0 Å². The highest BCUT2D eigenvalue weighted by molar-refractivity contribution is 9.10. The van der Waals surface area contributed by atoms with Gasteiger partial charge in [-0.15, -0.1) is 0 Å².